The number of unbranched alkanes of at least 4 members (excludes halogenated alkanes) is 12. The third-order valence-corrected chi connectivity index (χ3v) is 6.11. The van der Waals surface area contributed by atoms with Gasteiger partial charge in [0.15, 0.2) is 0 Å². The van der Waals surface area contributed by atoms with Gasteiger partial charge in [0.25, 0.3) is 0 Å². The molecule has 0 aliphatic heterocycles. The van der Waals surface area contributed by atoms with E-state index in [0.717, 1.165) is 12.8 Å². The Bertz CT molecular complexity index is 491. The number of hydrogen-bond donors (Lipinski definition) is 1. The number of aromatic hydroxyl groups is 1. The minimum Gasteiger partial charge on any atom is -0.508 e. The van der Waals surface area contributed by atoms with Crippen molar-refractivity contribution in [1.29, 1.82) is 0 Å². The van der Waals surface area contributed by atoms with Crippen LogP contribution in [-0.2, 0) is 19.3 Å². The first-order valence-corrected chi connectivity index (χ1v) is 12.6. The van der Waals surface area contributed by atoms with Crippen LogP contribution >= 0.6 is 0 Å². The molecule has 1 aromatic carbocycles. The van der Waals surface area contributed by atoms with Crippen molar-refractivity contribution >= 4 is 0 Å². The third kappa shape index (κ3) is 10.5. The molecule has 0 radical (unpaired) electrons. The van der Waals surface area contributed by atoms with Crippen molar-refractivity contribution in [2.24, 2.45) is 0 Å². The SMILES string of the molecule is CCCCCCCCCCc1c(O)ccc(CCCC)c1CCCCCCC. The molecule has 0 saturated heterocycles. The molecule has 0 heterocycles. The van der Waals surface area contributed by atoms with E-state index in [1.54, 1.807) is 0 Å². The van der Waals surface area contributed by atoms with Gasteiger partial charge in [-0.3, -0.25) is 0 Å². The average molecular weight is 389 g/mol. The minimum atomic E-state index is 0.548. The fourth-order valence-electron chi connectivity index (χ4n) is 4.26. The Morgan fingerprint density at radius 3 is 1.50 bits per heavy atom. The average Bonchev–Trinajstić information content (AvgIpc) is 2.70. The van der Waals surface area contributed by atoms with E-state index in [-0.39, 0.29) is 0 Å². The summed E-state index contributed by atoms with van der Waals surface area (Å²) in [5.41, 5.74) is 4.27. The lowest BCUT2D eigenvalue weighted by Crippen LogP contribution is -2.02. The van der Waals surface area contributed by atoms with E-state index in [1.807, 2.05) is 6.07 Å². The third-order valence-electron chi connectivity index (χ3n) is 6.11. The smallest absolute Gasteiger partial charge is 0.119 e. The van der Waals surface area contributed by atoms with Gasteiger partial charge in [-0.1, -0.05) is 104 Å². The van der Waals surface area contributed by atoms with Crippen molar-refractivity contribution in [3.63, 3.8) is 0 Å². The predicted molar refractivity (Wildman–Crippen MR) is 125 cm³/mol. The molecular weight excluding hydrogens is 340 g/mol. The summed E-state index contributed by atoms with van der Waals surface area (Å²) in [6.45, 7) is 6.83. The number of aryl methyl sites for hydroxylation is 1. The molecular formula is C27H48O. The lowest BCUT2D eigenvalue weighted by molar-refractivity contribution is 0.463. The molecule has 0 saturated carbocycles. The first kappa shape index (κ1) is 25.1. The lowest BCUT2D eigenvalue weighted by atomic mass is 9.89. The van der Waals surface area contributed by atoms with Crippen molar-refractivity contribution in [2.75, 3.05) is 0 Å². The highest BCUT2D eigenvalue weighted by Crippen LogP contribution is 2.29. The van der Waals surface area contributed by atoms with Crippen LogP contribution < -0.4 is 0 Å². The van der Waals surface area contributed by atoms with Gasteiger partial charge in [-0.15, -0.1) is 0 Å². The Balaban J connectivity index is 2.59. The van der Waals surface area contributed by atoms with Crippen molar-refractivity contribution in [2.45, 2.75) is 136 Å². The van der Waals surface area contributed by atoms with Gasteiger partial charge in [0.05, 0.1) is 0 Å². The molecule has 0 bridgehead atoms. The molecule has 1 heteroatoms. The van der Waals surface area contributed by atoms with E-state index in [9.17, 15) is 5.11 Å². The van der Waals surface area contributed by atoms with Crippen LogP contribution in [0.4, 0.5) is 0 Å². The second kappa shape index (κ2) is 16.9. The Labute approximate surface area is 176 Å². The van der Waals surface area contributed by atoms with E-state index in [1.165, 1.54) is 119 Å². The molecule has 162 valence electrons. The molecule has 28 heavy (non-hydrogen) atoms. The van der Waals surface area contributed by atoms with Crippen molar-refractivity contribution in [3.8, 4) is 5.75 Å². The zero-order chi connectivity index (χ0) is 20.5. The number of hydrogen-bond acceptors (Lipinski definition) is 1. The molecule has 0 aliphatic carbocycles. The molecule has 0 amide bonds. The predicted octanol–water partition coefficient (Wildman–Crippen LogP) is 8.93. The molecule has 0 atom stereocenters. The van der Waals surface area contributed by atoms with Gasteiger partial charge in [0, 0.05) is 0 Å². The summed E-state index contributed by atoms with van der Waals surface area (Å²) in [7, 11) is 0. The summed E-state index contributed by atoms with van der Waals surface area (Å²) in [6, 6.07) is 4.16. The highest BCUT2D eigenvalue weighted by molar-refractivity contribution is 5.45. The monoisotopic (exact) mass is 388 g/mol. The number of benzene rings is 1. The normalized spacial score (nSPS) is 11.2. The largest absolute Gasteiger partial charge is 0.508 e. The quantitative estimate of drug-likeness (QED) is 0.249. The van der Waals surface area contributed by atoms with E-state index >= 15 is 0 Å². The summed E-state index contributed by atoms with van der Waals surface area (Å²) in [4.78, 5) is 0. The second-order valence-corrected chi connectivity index (χ2v) is 8.69. The molecule has 1 rings (SSSR count). The van der Waals surface area contributed by atoms with Crippen LogP contribution in [0, 0.1) is 0 Å². The van der Waals surface area contributed by atoms with E-state index in [0.29, 0.717) is 5.75 Å². The maximum absolute atomic E-state index is 10.6. The van der Waals surface area contributed by atoms with Crippen LogP contribution in [-0.4, -0.2) is 5.11 Å². The van der Waals surface area contributed by atoms with E-state index < -0.39 is 0 Å². The molecule has 0 fully saturated rings. The van der Waals surface area contributed by atoms with Crippen LogP contribution in [0.25, 0.3) is 0 Å². The summed E-state index contributed by atoms with van der Waals surface area (Å²) in [5.74, 6) is 0.548. The first-order chi connectivity index (χ1) is 13.7. The molecule has 0 unspecified atom stereocenters. The number of phenols is 1. The molecule has 1 aromatic rings. The second-order valence-electron chi connectivity index (χ2n) is 8.69. The van der Waals surface area contributed by atoms with Gasteiger partial charge >= 0.3 is 0 Å². The van der Waals surface area contributed by atoms with Crippen LogP contribution in [0.15, 0.2) is 12.1 Å². The minimum absolute atomic E-state index is 0.548. The van der Waals surface area contributed by atoms with Gasteiger partial charge in [0.2, 0.25) is 0 Å². The summed E-state index contributed by atoms with van der Waals surface area (Å²) in [5, 5.41) is 10.6. The molecule has 0 aromatic heterocycles. The Morgan fingerprint density at radius 2 is 0.964 bits per heavy atom. The lowest BCUT2D eigenvalue weighted by Gasteiger charge is -2.17. The highest BCUT2D eigenvalue weighted by atomic mass is 16.3. The fraction of sp³-hybridized carbons (Fsp3) is 0.778. The topological polar surface area (TPSA) is 20.2 Å². The van der Waals surface area contributed by atoms with Crippen molar-refractivity contribution < 1.29 is 5.11 Å². The van der Waals surface area contributed by atoms with E-state index in [2.05, 4.69) is 26.8 Å². The molecule has 1 N–H and O–H groups in total. The summed E-state index contributed by atoms with van der Waals surface area (Å²) >= 11 is 0. The Hall–Kier alpha value is -0.980. The van der Waals surface area contributed by atoms with Gasteiger partial charge in [-0.05, 0) is 61.3 Å². The number of phenolic OH excluding ortho intramolecular Hbond substituents is 1. The fourth-order valence-corrected chi connectivity index (χ4v) is 4.26. The Kier molecular flexibility index (Phi) is 15.1. The van der Waals surface area contributed by atoms with Crippen LogP contribution in [0.3, 0.4) is 0 Å². The van der Waals surface area contributed by atoms with Gasteiger partial charge in [-0.2, -0.15) is 0 Å². The van der Waals surface area contributed by atoms with Crippen LogP contribution in [0.1, 0.15) is 134 Å². The molecule has 0 aliphatic rings. The first-order valence-electron chi connectivity index (χ1n) is 12.6. The Morgan fingerprint density at radius 1 is 0.500 bits per heavy atom. The summed E-state index contributed by atoms with van der Waals surface area (Å²) < 4.78 is 0. The molecule has 1 nitrogen and oxygen atoms in total. The molecule has 0 spiro atoms. The van der Waals surface area contributed by atoms with E-state index in [4.69, 9.17) is 0 Å². The standard InChI is InChI=1S/C27H48O/c1-4-7-10-12-13-14-16-18-21-26-25(20-17-15-11-8-5-2)24(19-9-6-3)22-23-27(26)28/h22-23,28H,4-21H2,1-3H3. The highest BCUT2D eigenvalue weighted by Gasteiger charge is 2.13. The van der Waals surface area contributed by atoms with Gasteiger partial charge < -0.3 is 5.11 Å². The van der Waals surface area contributed by atoms with Gasteiger partial charge in [0.1, 0.15) is 5.75 Å². The van der Waals surface area contributed by atoms with Crippen molar-refractivity contribution in [1.82, 2.24) is 0 Å². The van der Waals surface area contributed by atoms with Crippen molar-refractivity contribution in [3.05, 3.63) is 28.8 Å². The zero-order valence-electron chi connectivity index (χ0n) is 19.3. The maximum atomic E-state index is 10.6. The zero-order valence-corrected chi connectivity index (χ0v) is 19.3. The maximum Gasteiger partial charge on any atom is 0.119 e. The number of rotatable bonds is 18. The van der Waals surface area contributed by atoms with Gasteiger partial charge in [-0.25, -0.2) is 0 Å². The summed E-state index contributed by atoms with van der Waals surface area (Å²) in [6.07, 6.45) is 23.3. The van der Waals surface area contributed by atoms with Crippen LogP contribution in [0.2, 0.25) is 0 Å². The van der Waals surface area contributed by atoms with Crippen LogP contribution in [0.5, 0.6) is 5.75 Å².